The molecule has 1 aromatic rings. The van der Waals surface area contributed by atoms with E-state index in [1.165, 1.54) is 31.4 Å². The molecule has 0 amide bonds. The molecule has 1 aromatic carbocycles. The van der Waals surface area contributed by atoms with E-state index in [9.17, 15) is 19.5 Å². The number of carbonyl (C=O) groups excluding carboxylic acids is 3. The zero-order valence-electron chi connectivity index (χ0n) is 18.9. The molecule has 0 spiro atoms. The van der Waals surface area contributed by atoms with E-state index in [1.807, 2.05) is 13.0 Å². The van der Waals surface area contributed by atoms with Crippen LogP contribution in [-0.4, -0.2) is 28.2 Å². The summed E-state index contributed by atoms with van der Waals surface area (Å²) in [5, 5.41) is 10.2. The van der Waals surface area contributed by atoms with Crippen molar-refractivity contribution in [3.05, 3.63) is 70.5 Å². The van der Waals surface area contributed by atoms with Crippen LogP contribution in [0.4, 0.5) is 0 Å². The van der Waals surface area contributed by atoms with Crippen molar-refractivity contribution < 1.29 is 29.0 Å². The normalized spacial score (nSPS) is 20.6. The van der Waals surface area contributed by atoms with Crippen LogP contribution < -0.4 is 0 Å². The van der Waals surface area contributed by atoms with Gasteiger partial charge in [-0.1, -0.05) is 38.0 Å². The molecule has 2 aliphatic rings. The second kappa shape index (κ2) is 9.39. The predicted octanol–water partition coefficient (Wildman–Crippen LogP) is 4.86. The lowest BCUT2D eigenvalue weighted by Crippen LogP contribution is -2.50. The van der Waals surface area contributed by atoms with Gasteiger partial charge < -0.3 is 14.6 Å². The lowest BCUT2D eigenvalue weighted by atomic mass is 9.80. The third-order valence-electron chi connectivity index (χ3n) is 5.71. The molecular formula is C26H28O6. The van der Waals surface area contributed by atoms with Crippen LogP contribution in [0, 0.1) is 6.92 Å². The largest absolute Gasteiger partial charge is 0.507 e. The van der Waals surface area contributed by atoms with Gasteiger partial charge in [-0.15, -0.1) is 0 Å². The van der Waals surface area contributed by atoms with Crippen LogP contribution in [0.1, 0.15) is 57.6 Å². The number of benzene rings is 1. The molecule has 0 unspecified atom stereocenters. The first-order chi connectivity index (χ1) is 15.2. The number of aryl methyl sites for hydroxylation is 1. The topological polar surface area (TPSA) is 89.9 Å². The standard InChI is InChI=1S/C26H28O6/c1-5-6-7-8-10-17(3)25(30)32-26(4)22(28)14-18-13-21(31-15-19(18)24(26)29)23-16(2)11-9-12-20(23)27/h9-15,27H,5-8H2,1-4H3/b17-10+/t26-/m0/s1. The highest BCUT2D eigenvalue weighted by Crippen LogP contribution is 2.38. The van der Waals surface area contributed by atoms with E-state index in [0.29, 0.717) is 22.5 Å². The fourth-order valence-electron chi connectivity index (χ4n) is 3.66. The number of allylic oxidation sites excluding steroid dienone is 3. The summed E-state index contributed by atoms with van der Waals surface area (Å²) in [5.74, 6) is -1.60. The molecule has 32 heavy (non-hydrogen) atoms. The molecule has 0 bridgehead atoms. The van der Waals surface area contributed by atoms with E-state index in [-0.39, 0.29) is 11.3 Å². The summed E-state index contributed by atoms with van der Waals surface area (Å²) in [6, 6.07) is 5.07. The molecule has 0 saturated heterocycles. The first kappa shape index (κ1) is 23.3. The van der Waals surface area contributed by atoms with Crippen molar-refractivity contribution in [3.63, 3.8) is 0 Å². The van der Waals surface area contributed by atoms with Crippen molar-refractivity contribution in [1.82, 2.24) is 0 Å². The highest BCUT2D eigenvalue weighted by atomic mass is 16.6. The molecule has 0 fully saturated rings. The minimum absolute atomic E-state index is 0.0297. The molecule has 1 heterocycles. The fourth-order valence-corrected chi connectivity index (χ4v) is 3.66. The van der Waals surface area contributed by atoms with Gasteiger partial charge in [0.05, 0.1) is 11.1 Å². The minimum atomic E-state index is -1.95. The van der Waals surface area contributed by atoms with E-state index < -0.39 is 23.1 Å². The second-order valence-corrected chi connectivity index (χ2v) is 8.23. The average molecular weight is 437 g/mol. The van der Waals surface area contributed by atoms with Gasteiger partial charge >= 0.3 is 5.97 Å². The lowest BCUT2D eigenvalue weighted by Gasteiger charge is -2.31. The molecule has 3 rings (SSSR count). The number of aromatic hydroxyl groups is 1. The number of ether oxygens (including phenoxy) is 2. The zero-order valence-corrected chi connectivity index (χ0v) is 18.9. The molecule has 0 saturated carbocycles. The van der Waals surface area contributed by atoms with Gasteiger partial charge in [0.1, 0.15) is 17.8 Å². The molecule has 1 aliphatic carbocycles. The Morgan fingerprint density at radius 3 is 2.66 bits per heavy atom. The molecule has 1 N–H and O–H groups in total. The number of rotatable bonds is 7. The van der Waals surface area contributed by atoms with Crippen molar-refractivity contribution in [1.29, 1.82) is 0 Å². The van der Waals surface area contributed by atoms with Crippen molar-refractivity contribution in [2.45, 2.75) is 59.0 Å². The predicted molar refractivity (Wildman–Crippen MR) is 120 cm³/mol. The molecule has 1 aliphatic heterocycles. The highest BCUT2D eigenvalue weighted by Gasteiger charge is 2.49. The van der Waals surface area contributed by atoms with Gasteiger partial charge in [-0.25, -0.2) is 4.79 Å². The van der Waals surface area contributed by atoms with Gasteiger partial charge in [0.2, 0.25) is 17.2 Å². The number of hydrogen-bond donors (Lipinski definition) is 1. The summed E-state index contributed by atoms with van der Waals surface area (Å²) in [5.41, 5.74) is 0.161. The zero-order chi connectivity index (χ0) is 23.5. The maximum Gasteiger partial charge on any atom is 0.334 e. The Morgan fingerprint density at radius 1 is 1.22 bits per heavy atom. The van der Waals surface area contributed by atoms with E-state index in [2.05, 4.69) is 6.92 Å². The molecule has 0 radical (unpaired) electrons. The number of Topliss-reactive ketones (excluding diaryl/α,β-unsaturated/α-hetero) is 1. The number of fused-ring (bicyclic) bond motifs is 1. The van der Waals surface area contributed by atoms with Crippen LogP contribution in [0.25, 0.3) is 5.76 Å². The molecular weight excluding hydrogens is 408 g/mol. The number of esters is 1. The molecule has 6 heteroatoms. The van der Waals surface area contributed by atoms with Gasteiger partial charge in [0, 0.05) is 5.57 Å². The molecule has 1 atom stereocenters. The Bertz CT molecular complexity index is 1070. The fraction of sp³-hybridized carbons (Fsp3) is 0.346. The van der Waals surface area contributed by atoms with Crippen LogP contribution in [0.3, 0.4) is 0 Å². The average Bonchev–Trinajstić information content (AvgIpc) is 2.75. The Kier molecular flexibility index (Phi) is 6.82. The molecule has 6 nitrogen and oxygen atoms in total. The number of carbonyl (C=O) groups is 3. The summed E-state index contributed by atoms with van der Waals surface area (Å²) in [6.07, 6.45) is 9.64. The van der Waals surface area contributed by atoms with E-state index in [0.717, 1.165) is 31.2 Å². The summed E-state index contributed by atoms with van der Waals surface area (Å²) in [7, 11) is 0. The molecule has 168 valence electrons. The van der Waals surface area contributed by atoms with E-state index >= 15 is 0 Å². The van der Waals surface area contributed by atoms with E-state index in [1.54, 1.807) is 19.1 Å². The summed E-state index contributed by atoms with van der Waals surface area (Å²) >= 11 is 0. The quantitative estimate of drug-likeness (QED) is 0.284. The molecule has 0 aromatic heterocycles. The van der Waals surface area contributed by atoms with Crippen LogP contribution in [-0.2, 0) is 23.9 Å². The summed E-state index contributed by atoms with van der Waals surface area (Å²) < 4.78 is 11.0. The smallest absolute Gasteiger partial charge is 0.334 e. The second-order valence-electron chi connectivity index (χ2n) is 8.23. The Hall–Kier alpha value is -3.41. The van der Waals surface area contributed by atoms with Gasteiger partial charge in [-0.3, -0.25) is 9.59 Å². The summed E-state index contributed by atoms with van der Waals surface area (Å²) in [6.45, 7) is 6.84. The third kappa shape index (κ3) is 4.44. The third-order valence-corrected chi connectivity index (χ3v) is 5.71. The number of phenolic OH excluding ortho intramolecular Hbond substituents is 1. The van der Waals surface area contributed by atoms with Gasteiger partial charge in [0.25, 0.3) is 0 Å². The van der Waals surface area contributed by atoms with Crippen molar-refractivity contribution in [2.24, 2.45) is 0 Å². The van der Waals surface area contributed by atoms with E-state index in [4.69, 9.17) is 9.47 Å². The van der Waals surface area contributed by atoms with Crippen molar-refractivity contribution in [2.75, 3.05) is 0 Å². The first-order valence-electron chi connectivity index (χ1n) is 10.8. The van der Waals surface area contributed by atoms with Crippen LogP contribution >= 0.6 is 0 Å². The number of unbranched alkanes of at least 4 members (excludes halogenated alkanes) is 3. The Labute approximate surface area is 187 Å². The van der Waals surface area contributed by atoms with Crippen LogP contribution in [0.15, 0.2) is 59.4 Å². The lowest BCUT2D eigenvalue weighted by molar-refractivity contribution is -0.165. The SMILES string of the molecule is CCCCC/C=C(\C)C(=O)O[C@@]1(C)C(=O)C=C2C=C(c3c(C)cccc3O)OC=C2C1=O. The monoisotopic (exact) mass is 436 g/mol. The Balaban J connectivity index is 1.85. The number of ketones is 2. The maximum absolute atomic E-state index is 13.1. The Morgan fingerprint density at radius 2 is 1.97 bits per heavy atom. The van der Waals surface area contributed by atoms with Gasteiger partial charge in [0.15, 0.2) is 0 Å². The number of phenols is 1. The van der Waals surface area contributed by atoms with Crippen LogP contribution in [0.5, 0.6) is 5.75 Å². The van der Waals surface area contributed by atoms with Crippen molar-refractivity contribution in [3.8, 4) is 5.75 Å². The van der Waals surface area contributed by atoms with Crippen molar-refractivity contribution >= 4 is 23.3 Å². The maximum atomic E-state index is 13.1. The summed E-state index contributed by atoms with van der Waals surface area (Å²) in [4.78, 5) is 38.6. The van der Waals surface area contributed by atoms with Gasteiger partial charge in [-0.05, 0) is 63.0 Å². The van der Waals surface area contributed by atoms with Gasteiger partial charge in [-0.2, -0.15) is 0 Å². The highest BCUT2D eigenvalue weighted by molar-refractivity contribution is 6.27. The first-order valence-corrected chi connectivity index (χ1v) is 10.8. The number of hydrogen-bond acceptors (Lipinski definition) is 6. The van der Waals surface area contributed by atoms with Crippen LogP contribution in [0.2, 0.25) is 0 Å². The minimum Gasteiger partial charge on any atom is -0.507 e.